The average molecular weight is 191 g/mol. The Hall–Kier alpha value is -1.51. The minimum atomic E-state index is -0.930. The van der Waals surface area contributed by atoms with Crippen LogP contribution in [0.5, 0.6) is 0 Å². The smallest absolute Gasteiger partial charge is 0.404 e. The van der Waals surface area contributed by atoms with Crippen LogP contribution >= 0.6 is 0 Å². The van der Waals surface area contributed by atoms with Crippen LogP contribution in [-0.2, 0) is 12.8 Å². The van der Waals surface area contributed by atoms with Gasteiger partial charge in [-0.05, 0) is 36.5 Å². The Labute approximate surface area is 82.8 Å². The first-order valence-corrected chi connectivity index (χ1v) is 4.73. The summed E-state index contributed by atoms with van der Waals surface area (Å²) in [6.07, 6.45) is 0.720. The van der Waals surface area contributed by atoms with E-state index in [1.807, 2.05) is 6.07 Å². The molecule has 0 spiro atoms. The predicted octanol–water partition coefficient (Wildman–Crippen LogP) is 1.73. The lowest BCUT2D eigenvalue weighted by molar-refractivity contribution is 0.190. The van der Waals surface area contributed by atoms with Crippen molar-refractivity contribution in [3.8, 4) is 0 Å². The average Bonchev–Trinajstić information content (AvgIpc) is 2.47. The van der Waals surface area contributed by atoms with Crippen LogP contribution in [-0.4, -0.2) is 17.2 Å². The van der Waals surface area contributed by atoms with Gasteiger partial charge in [0.25, 0.3) is 0 Å². The summed E-state index contributed by atoms with van der Waals surface area (Å²) < 4.78 is 0. The molecule has 1 unspecified atom stereocenters. The molecule has 0 heterocycles. The number of carbonyl (C=O) groups is 1. The van der Waals surface area contributed by atoms with Gasteiger partial charge in [-0.15, -0.1) is 0 Å². The molecule has 0 aliphatic heterocycles. The summed E-state index contributed by atoms with van der Waals surface area (Å²) in [6.45, 7) is 2.07. The number of benzene rings is 1. The predicted molar refractivity (Wildman–Crippen MR) is 53.5 cm³/mol. The summed E-state index contributed by atoms with van der Waals surface area (Å²) in [5.41, 5.74) is 3.85. The highest BCUT2D eigenvalue weighted by atomic mass is 16.4. The molecule has 3 nitrogen and oxygen atoms in total. The van der Waals surface area contributed by atoms with Gasteiger partial charge in [0.15, 0.2) is 0 Å². The topological polar surface area (TPSA) is 49.3 Å². The molecule has 1 amide bonds. The Kier molecular flexibility index (Phi) is 2.15. The van der Waals surface area contributed by atoms with E-state index >= 15 is 0 Å². The van der Waals surface area contributed by atoms with Crippen LogP contribution in [0.15, 0.2) is 18.2 Å². The van der Waals surface area contributed by atoms with Crippen LogP contribution in [0.25, 0.3) is 0 Å². The molecule has 3 heteroatoms. The van der Waals surface area contributed by atoms with Crippen molar-refractivity contribution in [2.45, 2.75) is 25.8 Å². The van der Waals surface area contributed by atoms with Crippen LogP contribution < -0.4 is 5.32 Å². The molecule has 14 heavy (non-hydrogen) atoms. The maximum absolute atomic E-state index is 10.5. The Bertz CT molecular complexity index is 374. The number of rotatable bonds is 1. The molecule has 0 radical (unpaired) electrons. The molecule has 1 aromatic carbocycles. The van der Waals surface area contributed by atoms with Gasteiger partial charge >= 0.3 is 6.09 Å². The first-order chi connectivity index (χ1) is 6.66. The van der Waals surface area contributed by atoms with Gasteiger partial charge in [-0.25, -0.2) is 4.79 Å². The summed E-state index contributed by atoms with van der Waals surface area (Å²) in [5, 5.41) is 11.1. The van der Waals surface area contributed by atoms with Crippen molar-refractivity contribution in [2.75, 3.05) is 0 Å². The molecule has 1 aliphatic rings. The highest BCUT2D eigenvalue weighted by Crippen LogP contribution is 2.24. The van der Waals surface area contributed by atoms with Gasteiger partial charge in [0.1, 0.15) is 0 Å². The third kappa shape index (κ3) is 1.58. The number of hydrogen-bond acceptors (Lipinski definition) is 1. The molecule has 0 fully saturated rings. The molecule has 0 saturated carbocycles. The molecule has 74 valence electrons. The summed E-state index contributed by atoms with van der Waals surface area (Å²) in [5.74, 6) is 0. The summed E-state index contributed by atoms with van der Waals surface area (Å²) in [7, 11) is 0. The maximum atomic E-state index is 10.5. The van der Waals surface area contributed by atoms with E-state index in [1.165, 1.54) is 16.7 Å². The van der Waals surface area contributed by atoms with Crippen LogP contribution in [0.4, 0.5) is 4.79 Å². The van der Waals surface area contributed by atoms with E-state index in [4.69, 9.17) is 5.11 Å². The molecule has 1 aliphatic carbocycles. The second kappa shape index (κ2) is 3.33. The first kappa shape index (κ1) is 9.06. The van der Waals surface area contributed by atoms with Gasteiger partial charge in [-0.3, -0.25) is 0 Å². The van der Waals surface area contributed by atoms with Crippen molar-refractivity contribution >= 4 is 6.09 Å². The lowest BCUT2D eigenvalue weighted by Crippen LogP contribution is -2.33. The van der Waals surface area contributed by atoms with Crippen molar-refractivity contribution in [1.82, 2.24) is 5.32 Å². The molecule has 0 aromatic heterocycles. The normalized spacial score (nSPS) is 19.1. The third-order valence-corrected chi connectivity index (χ3v) is 2.75. The fourth-order valence-electron chi connectivity index (χ4n) is 2.11. The summed E-state index contributed by atoms with van der Waals surface area (Å²) >= 11 is 0. The minimum absolute atomic E-state index is 0.0589. The zero-order valence-corrected chi connectivity index (χ0v) is 8.08. The van der Waals surface area contributed by atoms with Gasteiger partial charge in [0.2, 0.25) is 0 Å². The van der Waals surface area contributed by atoms with Crippen LogP contribution in [0.1, 0.15) is 16.7 Å². The van der Waals surface area contributed by atoms with Gasteiger partial charge in [0, 0.05) is 6.04 Å². The number of amides is 1. The van der Waals surface area contributed by atoms with Crippen LogP contribution in [0.3, 0.4) is 0 Å². The fraction of sp³-hybridized carbons (Fsp3) is 0.364. The largest absolute Gasteiger partial charge is 0.465 e. The Morgan fingerprint density at radius 3 is 2.93 bits per heavy atom. The fourth-order valence-corrected chi connectivity index (χ4v) is 2.11. The zero-order valence-electron chi connectivity index (χ0n) is 8.08. The highest BCUT2D eigenvalue weighted by Gasteiger charge is 2.23. The maximum Gasteiger partial charge on any atom is 0.404 e. The quantitative estimate of drug-likeness (QED) is 0.710. The Balaban J connectivity index is 2.18. The van der Waals surface area contributed by atoms with Crippen molar-refractivity contribution in [3.05, 3.63) is 34.9 Å². The SMILES string of the molecule is Cc1cccc2c1CC(NC(=O)O)C2. The van der Waals surface area contributed by atoms with E-state index in [0.717, 1.165) is 12.8 Å². The van der Waals surface area contributed by atoms with E-state index in [9.17, 15) is 4.79 Å². The number of carboxylic acid groups (broad SMARTS) is 1. The monoisotopic (exact) mass is 191 g/mol. The molecule has 2 rings (SSSR count). The molecular weight excluding hydrogens is 178 g/mol. The van der Waals surface area contributed by atoms with Crippen molar-refractivity contribution in [1.29, 1.82) is 0 Å². The molecule has 2 N–H and O–H groups in total. The molecular formula is C11H13NO2. The van der Waals surface area contributed by atoms with Gasteiger partial charge in [-0.1, -0.05) is 18.2 Å². The van der Waals surface area contributed by atoms with Crippen molar-refractivity contribution in [3.63, 3.8) is 0 Å². The number of aryl methyl sites for hydroxylation is 1. The lowest BCUT2D eigenvalue weighted by atomic mass is 10.1. The number of fused-ring (bicyclic) bond motifs is 1. The third-order valence-electron chi connectivity index (χ3n) is 2.75. The first-order valence-electron chi connectivity index (χ1n) is 4.73. The molecule has 0 bridgehead atoms. The van der Waals surface area contributed by atoms with Crippen LogP contribution in [0.2, 0.25) is 0 Å². The molecule has 1 atom stereocenters. The van der Waals surface area contributed by atoms with Gasteiger partial charge in [0.05, 0.1) is 0 Å². The zero-order chi connectivity index (χ0) is 10.1. The molecule has 0 saturated heterocycles. The van der Waals surface area contributed by atoms with Crippen molar-refractivity contribution < 1.29 is 9.90 Å². The Morgan fingerprint density at radius 2 is 2.29 bits per heavy atom. The lowest BCUT2D eigenvalue weighted by Gasteiger charge is -2.07. The second-order valence-corrected chi connectivity index (χ2v) is 3.77. The summed E-state index contributed by atoms with van der Waals surface area (Å²) in [4.78, 5) is 10.5. The van der Waals surface area contributed by atoms with E-state index in [1.54, 1.807) is 0 Å². The van der Waals surface area contributed by atoms with Crippen LogP contribution in [0, 0.1) is 6.92 Å². The Morgan fingerprint density at radius 1 is 1.50 bits per heavy atom. The molecule has 1 aromatic rings. The summed E-state index contributed by atoms with van der Waals surface area (Å²) in [6, 6.07) is 6.23. The highest BCUT2D eigenvalue weighted by molar-refractivity contribution is 5.65. The van der Waals surface area contributed by atoms with Gasteiger partial charge < -0.3 is 10.4 Å². The van der Waals surface area contributed by atoms with E-state index in [0.29, 0.717) is 0 Å². The number of nitrogens with one attached hydrogen (secondary N) is 1. The van der Waals surface area contributed by atoms with E-state index in [-0.39, 0.29) is 6.04 Å². The number of hydrogen-bond donors (Lipinski definition) is 2. The second-order valence-electron chi connectivity index (χ2n) is 3.77. The van der Waals surface area contributed by atoms with E-state index in [2.05, 4.69) is 24.4 Å². The van der Waals surface area contributed by atoms with Gasteiger partial charge in [-0.2, -0.15) is 0 Å². The standard InChI is InChI=1S/C11H13NO2/c1-7-3-2-4-8-5-9(6-10(7)8)12-11(13)14/h2-4,9,12H,5-6H2,1H3,(H,13,14). The van der Waals surface area contributed by atoms with E-state index < -0.39 is 6.09 Å². The van der Waals surface area contributed by atoms with Crippen molar-refractivity contribution in [2.24, 2.45) is 0 Å². The minimum Gasteiger partial charge on any atom is -0.465 e.